The van der Waals surface area contributed by atoms with Crippen molar-refractivity contribution in [2.75, 3.05) is 13.7 Å². The maximum atomic E-state index is 11.2. The van der Waals surface area contributed by atoms with Crippen molar-refractivity contribution in [1.82, 2.24) is 5.32 Å². The standard InChI is InChI=1S/C13H18N2O3/c1-17-10-4-6-11(7-5-10)18-8-12(13(14)16)15-9-2-3-9/h4-7,9,12,15H,2-3,8H2,1H3,(H2,14,16). The Morgan fingerprint density at radius 2 is 2.00 bits per heavy atom. The van der Waals surface area contributed by atoms with E-state index in [1.165, 1.54) is 0 Å². The van der Waals surface area contributed by atoms with Gasteiger partial charge in [-0.15, -0.1) is 0 Å². The molecule has 0 radical (unpaired) electrons. The zero-order valence-corrected chi connectivity index (χ0v) is 10.4. The summed E-state index contributed by atoms with van der Waals surface area (Å²) in [4.78, 5) is 11.2. The number of hydrogen-bond donors (Lipinski definition) is 2. The smallest absolute Gasteiger partial charge is 0.238 e. The fourth-order valence-electron chi connectivity index (χ4n) is 1.60. The van der Waals surface area contributed by atoms with E-state index < -0.39 is 6.04 Å². The molecular weight excluding hydrogens is 232 g/mol. The predicted octanol–water partition coefficient (Wildman–Crippen LogP) is 0.680. The first-order valence-corrected chi connectivity index (χ1v) is 6.01. The van der Waals surface area contributed by atoms with E-state index in [1.54, 1.807) is 19.2 Å². The quantitative estimate of drug-likeness (QED) is 0.746. The minimum absolute atomic E-state index is 0.248. The molecule has 1 unspecified atom stereocenters. The van der Waals surface area contributed by atoms with Crippen molar-refractivity contribution in [2.45, 2.75) is 24.9 Å². The molecule has 0 saturated heterocycles. The van der Waals surface area contributed by atoms with E-state index in [2.05, 4.69) is 5.32 Å². The van der Waals surface area contributed by atoms with Crippen LogP contribution in [0.15, 0.2) is 24.3 Å². The van der Waals surface area contributed by atoms with Gasteiger partial charge in [0.1, 0.15) is 24.1 Å². The highest BCUT2D eigenvalue weighted by atomic mass is 16.5. The second-order valence-electron chi connectivity index (χ2n) is 4.38. The van der Waals surface area contributed by atoms with Crippen molar-refractivity contribution in [3.63, 3.8) is 0 Å². The summed E-state index contributed by atoms with van der Waals surface area (Å²) in [6, 6.07) is 7.20. The third kappa shape index (κ3) is 3.63. The number of rotatable bonds is 7. The fraction of sp³-hybridized carbons (Fsp3) is 0.462. The van der Waals surface area contributed by atoms with Gasteiger partial charge in [-0.3, -0.25) is 4.79 Å². The predicted molar refractivity (Wildman–Crippen MR) is 67.6 cm³/mol. The second kappa shape index (κ2) is 5.73. The molecule has 5 heteroatoms. The van der Waals surface area contributed by atoms with Crippen LogP contribution in [0.4, 0.5) is 0 Å². The molecule has 98 valence electrons. The first kappa shape index (κ1) is 12.7. The molecule has 5 nitrogen and oxygen atoms in total. The lowest BCUT2D eigenvalue weighted by atomic mass is 10.3. The van der Waals surface area contributed by atoms with Gasteiger partial charge in [0.2, 0.25) is 5.91 Å². The molecule has 0 aromatic heterocycles. The van der Waals surface area contributed by atoms with Crippen molar-refractivity contribution < 1.29 is 14.3 Å². The molecular formula is C13H18N2O3. The molecule has 0 spiro atoms. The van der Waals surface area contributed by atoms with E-state index in [9.17, 15) is 4.79 Å². The van der Waals surface area contributed by atoms with Crippen LogP contribution < -0.4 is 20.5 Å². The van der Waals surface area contributed by atoms with Gasteiger partial charge in [0, 0.05) is 6.04 Å². The molecule has 0 bridgehead atoms. The van der Waals surface area contributed by atoms with Crippen LogP contribution in [0.5, 0.6) is 11.5 Å². The number of hydrogen-bond acceptors (Lipinski definition) is 4. The Bertz CT molecular complexity index is 401. The topological polar surface area (TPSA) is 73.6 Å². The molecule has 2 rings (SSSR count). The molecule has 3 N–H and O–H groups in total. The molecule has 1 aliphatic rings. The van der Waals surface area contributed by atoms with E-state index in [0.29, 0.717) is 11.8 Å². The van der Waals surface area contributed by atoms with E-state index in [-0.39, 0.29) is 12.5 Å². The SMILES string of the molecule is COc1ccc(OCC(NC2CC2)C(N)=O)cc1. The molecule has 1 atom stereocenters. The number of nitrogens with two attached hydrogens (primary N) is 1. The summed E-state index contributed by atoms with van der Waals surface area (Å²) < 4.78 is 10.6. The van der Waals surface area contributed by atoms with Crippen LogP contribution in [0.3, 0.4) is 0 Å². The van der Waals surface area contributed by atoms with Gasteiger partial charge in [-0.05, 0) is 37.1 Å². The summed E-state index contributed by atoms with van der Waals surface area (Å²) in [5.74, 6) is 1.08. The zero-order chi connectivity index (χ0) is 13.0. The molecule has 0 heterocycles. The highest BCUT2D eigenvalue weighted by Gasteiger charge is 2.27. The van der Waals surface area contributed by atoms with Crippen molar-refractivity contribution in [1.29, 1.82) is 0 Å². The number of ether oxygens (including phenoxy) is 2. The molecule has 1 aliphatic carbocycles. The summed E-state index contributed by atoms with van der Waals surface area (Å²) in [6.45, 7) is 0.248. The van der Waals surface area contributed by atoms with Crippen LogP contribution >= 0.6 is 0 Å². The highest BCUT2D eigenvalue weighted by molar-refractivity contribution is 5.80. The lowest BCUT2D eigenvalue weighted by Gasteiger charge is -2.16. The molecule has 1 aromatic carbocycles. The Kier molecular flexibility index (Phi) is 4.04. The van der Waals surface area contributed by atoms with Gasteiger partial charge < -0.3 is 20.5 Å². The first-order valence-electron chi connectivity index (χ1n) is 6.01. The second-order valence-corrected chi connectivity index (χ2v) is 4.38. The Labute approximate surface area is 106 Å². The van der Waals surface area contributed by atoms with Crippen LogP contribution in [-0.4, -0.2) is 31.7 Å². The van der Waals surface area contributed by atoms with E-state index in [1.807, 2.05) is 12.1 Å². The van der Waals surface area contributed by atoms with E-state index in [4.69, 9.17) is 15.2 Å². The number of benzene rings is 1. The lowest BCUT2D eigenvalue weighted by Crippen LogP contribution is -2.46. The lowest BCUT2D eigenvalue weighted by molar-refractivity contribution is -0.120. The van der Waals surface area contributed by atoms with Crippen LogP contribution in [0.2, 0.25) is 0 Å². The fourth-order valence-corrected chi connectivity index (χ4v) is 1.60. The van der Waals surface area contributed by atoms with Crippen LogP contribution in [0.25, 0.3) is 0 Å². The van der Waals surface area contributed by atoms with Crippen LogP contribution in [0.1, 0.15) is 12.8 Å². The Balaban J connectivity index is 1.85. The Morgan fingerprint density at radius 1 is 1.39 bits per heavy atom. The summed E-state index contributed by atoms with van der Waals surface area (Å²) in [6.07, 6.45) is 2.21. The summed E-state index contributed by atoms with van der Waals surface area (Å²) in [5, 5.41) is 3.16. The van der Waals surface area contributed by atoms with Crippen LogP contribution in [-0.2, 0) is 4.79 Å². The molecule has 1 amide bonds. The first-order chi connectivity index (χ1) is 8.69. The molecule has 1 saturated carbocycles. The largest absolute Gasteiger partial charge is 0.497 e. The number of carbonyl (C=O) groups excluding carboxylic acids is 1. The maximum Gasteiger partial charge on any atom is 0.238 e. The van der Waals surface area contributed by atoms with Crippen molar-refractivity contribution in [3.8, 4) is 11.5 Å². The van der Waals surface area contributed by atoms with Gasteiger partial charge >= 0.3 is 0 Å². The molecule has 0 aliphatic heterocycles. The number of carbonyl (C=O) groups is 1. The third-order valence-electron chi connectivity index (χ3n) is 2.83. The Morgan fingerprint density at radius 3 is 2.50 bits per heavy atom. The summed E-state index contributed by atoms with van der Waals surface area (Å²) in [5.41, 5.74) is 5.32. The van der Waals surface area contributed by atoms with Crippen molar-refractivity contribution in [3.05, 3.63) is 24.3 Å². The highest BCUT2D eigenvalue weighted by Crippen LogP contribution is 2.20. The van der Waals surface area contributed by atoms with E-state index in [0.717, 1.165) is 18.6 Å². The number of amides is 1. The molecule has 1 fully saturated rings. The third-order valence-corrected chi connectivity index (χ3v) is 2.83. The molecule has 1 aromatic rings. The minimum atomic E-state index is -0.431. The summed E-state index contributed by atoms with van der Waals surface area (Å²) in [7, 11) is 1.61. The Hall–Kier alpha value is -1.75. The number of methoxy groups -OCH3 is 1. The number of primary amides is 1. The minimum Gasteiger partial charge on any atom is -0.497 e. The monoisotopic (exact) mass is 250 g/mol. The van der Waals surface area contributed by atoms with Gasteiger partial charge in [0.05, 0.1) is 7.11 Å². The van der Waals surface area contributed by atoms with Crippen molar-refractivity contribution >= 4 is 5.91 Å². The maximum absolute atomic E-state index is 11.2. The van der Waals surface area contributed by atoms with Gasteiger partial charge in [-0.2, -0.15) is 0 Å². The van der Waals surface area contributed by atoms with Gasteiger partial charge in [-0.25, -0.2) is 0 Å². The van der Waals surface area contributed by atoms with Gasteiger partial charge in [0.25, 0.3) is 0 Å². The average molecular weight is 250 g/mol. The molecule has 18 heavy (non-hydrogen) atoms. The zero-order valence-electron chi connectivity index (χ0n) is 10.4. The summed E-state index contributed by atoms with van der Waals surface area (Å²) >= 11 is 0. The van der Waals surface area contributed by atoms with Crippen molar-refractivity contribution in [2.24, 2.45) is 5.73 Å². The normalized spacial score (nSPS) is 16.1. The number of nitrogens with one attached hydrogen (secondary N) is 1. The van der Waals surface area contributed by atoms with Gasteiger partial charge in [-0.1, -0.05) is 0 Å². The van der Waals surface area contributed by atoms with E-state index >= 15 is 0 Å². The van der Waals surface area contributed by atoms with Crippen LogP contribution in [0, 0.1) is 0 Å². The van der Waals surface area contributed by atoms with Gasteiger partial charge in [0.15, 0.2) is 0 Å². The average Bonchev–Trinajstić information content (AvgIpc) is 3.18.